The second kappa shape index (κ2) is 8.82. The van der Waals surface area contributed by atoms with Crippen molar-refractivity contribution in [1.82, 2.24) is 25.0 Å². The molecule has 1 aromatic carbocycles. The minimum atomic E-state index is -5.08. The van der Waals surface area contributed by atoms with Crippen LogP contribution in [0.1, 0.15) is 5.69 Å². The monoisotopic (exact) mass is 433 g/mol. The Labute approximate surface area is 165 Å². The SMILES string of the molecule is COc1cc(-c2c(-n3cc(C)nn3)ccc(Cl)c2F)ncn1.O=C(O)C(F)(F)F. The van der Waals surface area contributed by atoms with Crippen LogP contribution in [0.25, 0.3) is 16.9 Å². The van der Waals surface area contributed by atoms with Crippen LogP contribution < -0.4 is 4.74 Å². The van der Waals surface area contributed by atoms with Crippen LogP contribution in [0.5, 0.6) is 5.88 Å². The fourth-order valence-corrected chi connectivity index (χ4v) is 2.19. The minimum absolute atomic E-state index is 0.00633. The van der Waals surface area contributed by atoms with Crippen LogP contribution >= 0.6 is 11.6 Å². The van der Waals surface area contributed by atoms with Crippen molar-refractivity contribution in [3.8, 4) is 22.8 Å². The molecule has 0 aliphatic heterocycles. The summed E-state index contributed by atoms with van der Waals surface area (Å²) in [6.45, 7) is 1.79. The third-order valence-corrected chi connectivity index (χ3v) is 3.57. The molecule has 3 aromatic rings. The average Bonchev–Trinajstić information content (AvgIpc) is 3.09. The molecule has 2 aromatic heterocycles. The number of hydrogen-bond acceptors (Lipinski definition) is 6. The Hall–Kier alpha value is -3.28. The van der Waals surface area contributed by atoms with Gasteiger partial charge in [0.25, 0.3) is 0 Å². The van der Waals surface area contributed by atoms with Gasteiger partial charge in [-0.1, -0.05) is 16.8 Å². The van der Waals surface area contributed by atoms with E-state index >= 15 is 0 Å². The van der Waals surface area contributed by atoms with E-state index in [0.717, 1.165) is 0 Å². The van der Waals surface area contributed by atoms with Gasteiger partial charge < -0.3 is 9.84 Å². The maximum Gasteiger partial charge on any atom is 0.490 e. The van der Waals surface area contributed by atoms with Crippen molar-refractivity contribution < 1.29 is 32.2 Å². The predicted molar refractivity (Wildman–Crippen MR) is 92.3 cm³/mol. The Morgan fingerprint density at radius 2 is 1.93 bits per heavy atom. The van der Waals surface area contributed by atoms with Gasteiger partial charge in [-0.3, -0.25) is 0 Å². The van der Waals surface area contributed by atoms with Crippen molar-refractivity contribution in [2.45, 2.75) is 13.1 Å². The van der Waals surface area contributed by atoms with E-state index in [1.54, 1.807) is 19.2 Å². The van der Waals surface area contributed by atoms with Gasteiger partial charge in [-0.2, -0.15) is 13.2 Å². The maximum absolute atomic E-state index is 14.6. The number of hydrogen-bond donors (Lipinski definition) is 1. The average molecular weight is 434 g/mol. The summed E-state index contributed by atoms with van der Waals surface area (Å²) < 4.78 is 52.8. The number of benzene rings is 1. The van der Waals surface area contributed by atoms with Gasteiger partial charge in [0, 0.05) is 6.07 Å². The van der Waals surface area contributed by atoms with Crippen LogP contribution in [-0.4, -0.2) is 49.3 Å². The molecule has 0 fully saturated rings. The highest BCUT2D eigenvalue weighted by Crippen LogP contribution is 2.33. The summed E-state index contributed by atoms with van der Waals surface area (Å²) in [4.78, 5) is 16.9. The summed E-state index contributed by atoms with van der Waals surface area (Å²) in [7, 11) is 1.47. The molecule has 1 N–H and O–H groups in total. The molecule has 154 valence electrons. The lowest BCUT2D eigenvalue weighted by molar-refractivity contribution is -0.192. The lowest BCUT2D eigenvalue weighted by Gasteiger charge is -2.11. The van der Waals surface area contributed by atoms with E-state index < -0.39 is 18.0 Å². The van der Waals surface area contributed by atoms with Gasteiger partial charge in [0.05, 0.1) is 41.0 Å². The number of rotatable bonds is 3. The Bertz CT molecular complexity index is 1030. The number of aromatic nitrogens is 5. The van der Waals surface area contributed by atoms with Crippen molar-refractivity contribution in [1.29, 1.82) is 0 Å². The van der Waals surface area contributed by atoms with E-state index in [1.165, 1.54) is 30.3 Å². The second-order valence-corrected chi connectivity index (χ2v) is 5.72. The number of carboxylic acids is 1. The first-order valence-electron chi connectivity index (χ1n) is 7.58. The number of carboxylic acid groups (broad SMARTS) is 1. The van der Waals surface area contributed by atoms with Gasteiger partial charge in [0.15, 0.2) is 5.82 Å². The zero-order valence-electron chi connectivity index (χ0n) is 14.8. The molecule has 0 amide bonds. The smallest absolute Gasteiger partial charge is 0.481 e. The summed E-state index contributed by atoms with van der Waals surface area (Å²) in [6.07, 6.45) is -2.10. The Morgan fingerprint density at radius 3 is 2.45 bits per heavy atom. The van der Waals surface area contributed by atoms with Crippen molar-refractivity contribution in [2.24, 2.45) is 0 Å². The maximum atomic E-state index is 14.6. The fraction of sp³-hybridized carbons (Fsp3) is 0.188. The Balaban J connectivity index is 0.000000370. The Morgan fingerprint density at radius 1 is 1.28 bits per heavy atom. The third kappa shape index (κ3) is 5.38. The van der Waals surface area contributed by atoms with Crippen LogP contribution in [0.15, 0.2) is 30.7 Å². The van der Waals surface area contributed by atoms with Crippen molar-refractivity contribution >= 4 is 17.6 Å². The van der Waals surface area contributed by atoms with Gasteiger partial charge in [-0.15, -0.1) is 5.10 Å². The molecule has 13 heteroatoms. The van der Waals surface area contributed by atoms with Crippen LogP contribution in [0.4, 0.5) is 17.6 Å². The van der Waals surface area contributed by atoms with E-state index in [4.69, 9.17) is 26.2 Å². The molecule has 29 heavy (non-hydrogen) atoms. The van der Waals surface area contributed by atoms with Gasteiger partial charge in [-0.25, -0.2) is 23.8 Å². The van der Waals surface area contributed by atoms with Gasteiger partial charge >= 0.3 is 12.1 Å². The lowest BCUT2D eigenvalue weighted by atomic mass is 10.1. The van der Waals surface area contributed by atoms with E-state index in [2.05, 4.69) is 20.3 Å². The molecule has 0 spiro atoms. The zero-order valence-corrected chi connectivity index (χ0v) is 15.5. The quantitative estimate of drug-likeness (QED) is 0.631. The molecule has 3 rings (SSSR count). The van der Waals surface area contributed by atoms with E-state index in [0.29, 0.717) is 23.0 Å². The Kier molecular flexibility index (Phi) is 6.69. The summed E-state index contributed by atoms with van der Waals surface area (Å²) in [5.74, 6) is -3.02. The van der Waals surface area contributed by atoms with Crippen molar-refractivity contribution in [2.75, 3.05) is 7.11 Å². The lowest BCUT2D eigenvalue weighted by Crippen LogP contribution is -2.21. The van der Waals surface area contributed by atoms with Crippen LogP contribution in [0, 0.1) is 12.7 Å². The predicted octanol–water partition coefficient (Wildman–Crippen LogP) is 3.47. The standard InChI is InChI=1S/C14H11ClFN5O.C2HF3O2/c1-8-6-21(20-19-8)11-4-3-9(15)14(16)13(11)10-5-12(22-2)18-7-17-10;3-2(4,5)1(6)7/h3-7H,1-2H3;(H,6,7). The third-order valence-electron chi connectivity index (χ3n) is 3.28. The second-order valence-electron chi connectivity index (χ2n) is 5.31. The number of methoxy groups -OCH3 is 1. The number of carbonyl (C=O) groups is 1. The molecule has 0 bridgehead atoms. The largest absolute Gasteiger partial charge is 0.490 e. The summed E-state index contributed by atoms with van der Waals surface area (Å²) in [5, 5.41) is 15.0. The number of ether oxygens (including phenoxy) is 1. The first-order chi connectivity index (χ1) is 13.5. The topological polar surface area (TPSA) is 103 Å². The molecule has 8 nitrogen and oxygen atoms in total. The normalized spacial score (nSPS) is 10.9. The van der Waals surface area contributed by atoms with E-state index in [1.807, 2.05) is 0 Å². The molecular formula is C16H12ClF4N5O3. The first-order valence-corrected chi connectivity index (χ1v) is 7.96. The molecule has 0 saturated carbocycles. The number of aliphatic carboxylic acids is 1. The number of halogens is 5. The van der Waals surface area contributed by atoms with Gasteiger partial charge in [0.2, 0.25) is 5.88 Å². The molecule has 0 aliphatic carbocycles. The number of aryl methyl sites for hydroxylation is 1. The van der Waals surface area contributed by atoms with Crippen molar-refractivity contribution in [3.05, 3.63) is 47.3 Å². The molecule has 0 radical (unpaired) electrons. The molecule has 0 atom stereocenters. The highest BCUT2D eigenvalue weighted by atomic mass is 35.5. The van der Waals surface area contributed by atoms with Crippen LogP contribution in [0.3, 0.4) is 0 Å². The molecule has 0 aliphatic rings. The fourth-order valence-electron chi connectivity index (χ4n) is 2.03. The summed E-state index contributed by atoms with van der Waals surface area (Å²) >= 11 is 5.91. The molecular weight excluding hydrogens is 422 g/mol. The molecule has 0 unspecified atom stereocenters. The molecule has 0 saturated heterocycles. The van der Waals surface area contributed by atoms with Crippen molar-refractivity contribution in [3.63, 3.8) is 0 Å². The first kappa shape index (κ1) is 22.0. The van der Waals surface area contributed by atoms with E-state index in [9.17, 15) is 17.6 Å². The van der Waals surface area contributed by atoms with Gasteiger partial charge in [-0.05, 0) is 19.1 Å². The van der Waals surface area contributed by atoms with Crippen LogP contribution in [0.2, 0.25) is 5.02 Å². The van der Waals surface area contributed by atoms with E-state index in [-0.39, 0.29) is 10.6 Å². The minimum Gasteiger partial charge on any atom is -0.481 e. The van der Waals surface area contributed by atoms with Gasteiger partial charge in [0.1, 0.15) is 6.33 Å². The molecule has 2 heterocycles. The summed E-state index contributed by atoms with van der Waals surface area (Å²) in [5.41, 5.74) is 1.73. The highest BCUT2D eigenvalue weighted by molar-refractivity contribution is 6.31. The zero-order chi connectivity index (χ0) is 21.8. The highest BCUT2D eigenvalue weighted by Gasteiger charge is 2.38. The number of nitrogens with zero attached hydrogens (tertiary/aromatic N) is 5. The number of alkyl halides is 3. The van der Waals surface area contributed by atoms with Crippen LogP contribution in [-0.2, 0) is 4.79 Å². The summed E-state index contributed by atoms with van der Waals surface area (Å²) in [6, 6.07) is 4.65.